The van der Waals surface area contributed by atoms with Crippen LogP contribution in [0.15, 0.2) is 36.4 Å². The fourth-order valence-corrected chi connectivity index (χ4v) is 7.88. The molecule has 7 rings (SSSR count). The third-order valence-electron chi connectivity index (χ3n) is 10.5. The van der Waals surface area contributed by atoms with Crippen molar-refractivity contribution in [3.05, 3.63) is 52.7 Å². The van der Waals surface area contributed by atoms with Crippen molar-refractivity contribution in [1.29, 1.82) is 5.26 Å². The molecule has 2 saturated heterocycles. The van der Waals surface area contributed by atoms with E-state index in [2.05, 4.69) is 49.9 Å². The number of hydrogen-bond donors (Lipinski definition) is 1. The summed E-state index contributed by atoms with van der Waals surface area (Å²) in [7, 11) is 1.75. The van der Waals surface area contributed by atoms with Gasteiger partial charge in [-0.3, -0.25) is 9.80 Å². The minimum atomic E-state index is -0.998. The SMILES string of the molecule is COCCN1CCN(C2(COc3nc4c(c(N5CCN(C(=O)O)[C@@H](CC#N)C5)n3)CCN(c3cccc5cccc(Cl)c35)C4)CC2)CC1. The van der Waals surface area contributed by atoms with Crippen LogP contribution in [0.25, 0.3) is 10.8 Å². The number of amides is 1. The molecule has 3 fully saturated rings. The molecule has 0 spiro atoms. The summed E-state index contributed by atoms with van der Waals surface area (Å²) in [6, 6.07) is 14.3. The first-order valence-corrected chi connectivity index (χ1v) is 17.3. The molecule has 4 aliphatic rings. The van der Waals surface area contributed by atoms with E-state index in [0.717, 1.165) is 97.3 Å². The number of carboxylic acid groups (broad SMARTS) is 1. The first-order chi connectivity index (χ1) is 23.4. The van der Waals surface area contributed by atoms with Crippen LogP contribution in [0.5, 0.6) is 6.01 Å². The van der Waals surface area contributed by atoms with Crippen molar-refractivity contribution in [3.8, 4) is 12.1 Å². The van der Waals surface area contributed by atoms with E-state index in [4.69, 9.17) is 31.0 Å². The van der Waals surface area contributed by atoms with E-state index in [9.17, 15) is 15.2 Å². The summed E-state index contributed by atoms with van der Waals surface area (Å²) in [5.74, 6) is 0.787. The van der Waals surface area contributed by atoms with Gasteiger partial charge < -0.3 is 29.3 Å². The summed E-state index contributed by atoms with van der Waals surface area (Å²) < 4.78 is 11.8. The van der Waals surface area contributed by atoms with Crippen molar-refractivity contribution in [2.24, 2.45) is 0 Å². The fraction of sp³-hybridized carbons (Fsp3) is 0.543. The molecule has 1 aromatic heterocycles. The number of halogens is 1. The fourth-order valence-electron chi connectivity index (χ4n) is 7.60. The molecule has 0 radical (unpaired) electrons. The minimum absolute atomic E-state index is 0.00349. The number of fused-ring (bicyclic) bond motifs is 2. The number of anilines is 2. The monoisotopic (exact) mass is 674 g/mol. The first-order valence-electron chi connectivity index (χ1n) is 16.9. The lowest BCUT2D eigenvalue weighted by Gasteiger charge is -2.41. The number of nitriles is 1. The number of nitrogens with zero attached hydrogens (tertiary/aromatic N) is 8. The van der Waals surface area contributed by atoms with Crippen LogP contribution in [0.3, 0.4) is 0 Å². The van der Waals surface area contributed by atoms with Crippen LogP contribution in [0.2, 0.25) is 5.02 Å². The van der Waals surface area contributed by atoms with Gasteiger partial charge in [0, 0.05) is 82.6 Å². The van der Waals surface area contributed by atoms with Gasteiger partial charge >= 0.3 is 12.1 Å². The van der Waals surface area contributed by atoms with Crippen molar-refractivity contribution in [2.75, 3.05) is 89.0 Å². The Bertz CT molecular complexity index is 1680. The van der Waals surface area contributed by atoms with Crippen LogP contribution < -0.4 is 14.5 Å². The van der Waals surface area contributed by atoms with E-state index in [1.165, 1.54) is 4.90 Å². The lowest BCUT2D eigenvalue weighted by Crippen LogP contribution is -2.55. The number of methoxy groups -OCH3 is 1. The summed E-state index contributed by atoms with van der Waals surface area (Å²) in [6.45, 7) is 8.76. The molecule has 3 aromatic rings. The molecule has 3 aliphatic heterocycles. The summed E-state index contributed by atoms with van der Waals surface area (Å²) in [6.07, 6.45) is 2.01. The number of hydrogen-bond acceptors (Lipinski definition) is 10. The molecule has 1 atom stereocenters. The molecule has 254 valence electrons. The van der Waals surface area contributed by atoms with Gasteiger partial charge in [-0.05, 0) is 36.8 Å². The molecule has 1 aliphatic carbocycles. The number of benzene rings is 2. The molecule has 48 heavy (non-hydrogen) atoms. The summed E-state index contributed by atoms with van der Waals surface area (Å²) in [5.41, 5.74) is 3.03. The molecular weight excluding hydrogens is 632 g/mol. The van der Waals surface area contributed by atoms with Gasteiger partial charge in [0.1, 0.15) is 12.4 Å². The Kier molecular flexibility index (Phi) is 9.47. The van der Waals surface area contributed by atoms with Crippen molar-refractivity contribution >= 4 is 40.0 Å². The molecule has 4 heterocycles. The topological polar surface area (TPSA) is 122 Å². The van der Waals surface area contributed by atoms with Gasteiger partial charge in [0.15, 0.2) is 0 Å². The Morgan fingerprint density at radius 1 is 1.06 bits per heavy atom. The number of carbonyl (C=O) groups is 1. The van der Waals surface area contributed by atoms with E-state index >= 15 is 0 Å². The van der Waals surface area contributed by atoms with Gasteiger partial charge in [0.2, 0.25) is 0 Å². The largest absolute Gasteiger partial charge is 0.465 e. The van der Waals surface area contributed by atoms with E-state index in [1.54, 1.807) is 7.11 Å². The van der Waals surface area contributed by atoms with E-state index < -0.39 is 12.1 Å². The Labute approximate surface area is 286 Å². The van der Waals surface area contributed by atoms with Gasteiger partial charge in [-0.1, -0.05) is 35.9 Å². The van der Waals surface area contributed by atoms with Gasteiger partial charge in [0.25, 0.3) is 0 Å². The van der Waals surface area contributed by atoms with Crippen molar-refractivity contribution in [3.63, 3.8) is 0 Å². The Hall–Kier alpha value is -3.89. The number of aromatic nitrogens is 2. The highest BCUT2D eigenvalue weighted by molar-refractivity contribution is 6.36. The van der Waals surface area contributed by atoms with Crippen molar-refractivity contribution < 1.29 is 19.4 Å². The number of ether oxygens (including phenoxy) is 2. The lowest BCUT2D eigenvalue weighted by molar-refractivity contribution is 0.0455. The van der Waals surface area contributed by atoms with Crippen LogP contribution >= 0.6 is 11.6 Å². The highest BCUT2D eigenvalue weighted by atomic mass is 35.5. The minimum Gasteiger partial charge on any atom is -0.465 e. The second-order valence-electron chi connectivity index (χ2n) is 13.3. The Balaban J connectivity index is 1.16. The predicted octanol–water partition coefficient (Wildman–Crippen LogP) is 4.10. The Morgan fingerprint density at radius 3 is 2.58 bits per heavy atom. The molecule has 13 heteroatoms. The average Bonchev–Trinajstić information content (AvgIpc) is 3.90. The molecule has 0 bridgehead atoms. The predicted molar refractivity (Wildman–Crippen MR) is 184 cm³/mol. The van der Waals surface area contributed by atoms with E-state index in [1.807, 2.05) is 12.1 Å². The highest BCUT2D eigenvalue weighted by Crippen LogP contribution is 2.43. The maximum absolute atomic E-state index is 12.0. The molecular formula is C35H43ClN8O4. The average molecular weight is 675 g/mol. The number of rotatable bonds is 10. The van der Waals surface area contributed by atoms with Crippen LogP contribution in [0, 0.1) is 11.3 Å². The summed E-state index contributed by atoms with van der Waals surface area (Å²) in [5, 5.41) is 22.1. The lowest BCUT2D eigenvalue weighted by atomic mass is 10.0. The molecule has 1 amide bonds. The van der Waals surface area contributed by atoms with Crippen LogP contribution in [0.1, 0.15) is 30.5 Å². The zero-order chi connectivity index (χ0) is 33.3. The smallest absolute Gasteiger partial charge is 0.407 e. The van der Waals surface area contributed by atoms with Crippen LogP contribution in [0.4, 0.5) is 16.3 Å². The van der Waals surface area contributed by atoms with E-state index in [0.29, 0.717) is 45.2 Å². The third kappa shape index (κ3) is 6.57. The van der Waals surface area contributed by atoms with E-state index in [-0.39, 0.29) is 12.0 Å². The standard InChI is InChI=1S/C35H43ClN8O4/c1-47-21-20-40-14-17-43(18-15-40)35(10-11-35)24-48-33-38-29-23-41(30-7-3-5-25-4-2-6-28(36)31(25)30)13-9-27(29)32(39-33)42-16-19-44(34(45)46)26(22-42)8-12-37/h2-7,26H,8-11,13-24H2,1H3,(H,45,46)/t26-/m0/s1. The number of piperazine rings is 2. The zero-order valence-corrected chi connectivity index (χ0v) is 28.2. The molecule has 12 nitrogen and oxygen atoms in total. The summed E-state index contributed by atoms with van der Waals surface area (Å²) >= 11 is 6.73. The van der Waals surface area contributed by atoms with Gasteiger partial charge in [-0.25, -0.2) is 4.79 Å². The molecule has 0 unspecified atom stereocenters. The normalized spacial score (nSPS) is 21.2. The third-order valence-corrected chi connectivity index (χ3v) is 10.8. The second kappa shape index (κ2) is 13.9. The maximum atomic E-state index is 12.0. The molecule has 1 N–H and O–H groups in total. The van der Waals surface area contributed by atoms with Gasteiger partial charge in [-0.2, -0.15) is 15.2 Å². The highest BCUT2D eigenvalue weighted by Gasteiger charge is 2.49. The molecule has 1 saturated carbocycles. The quantitative estimate of drug-likeness (QED) is 0.335. The van der Waals surface area contributed by atoms with Crippen LogP contribution in [-0.2, 0) is 17.7 Å². The summed E-state index contributed by atoms with van der Waals surface area (Å²) in [4.78, 5) is 32.9. The van der Waals surface area contributed by atoms with Crippen LogP contribution in [-0.4, -0.2) is 127 Å². The van der Waals surface area contributed by atoms with Gasteiger partial charge in [-0.15, -0.1) is 0 Å². The van der Waals surface area contributed by atoms with Crippen molar-refractivity contribution in [1.82, 2.24) is 24.7 Å². The molecule has 2 aromatic carbocycles. The Morgan fingerprint density at radius 2 is 1.85 bits per heavy atom. The second-order valence-corrected chi connectivity index (χ2v) is 13.7. The maximum Gasteiger partial charge on any atom is 0.407 e. The first kappa shape index (κ1) is 32.6. The zero-order valence-electron chi connectivity index (χ0n) is 27.5. The van der Waals surface area contributed by atoms with Crippen molar-refractivity contribution in [2.45, 2.75) is 43.8 Å². The van der Waals surface area contributed by atoms with Gasteiger partial charge in [0.05, 0.1) is 47.9 Å².